The highest BCUT2D eigenvalue weighted by Crippen LogP contribution is 2.35. The van der Waals surface area contributed by atoms with Gasteiger partial charge in [-0.25, -0.2) is 4.68 Å². The van der Waals surface area contributed by atoms with Crippen molar-refractivity contribution in [1.82, 2.24) is 9.78 Å². The van der Waals surface area contributed by atoms with Gasteiger partial charge in [0.15, 0.2) is 11.5 Å². The van der Waals surface area contributed by atoms with E-state index in [0.29, 0.717) is 33.6 Å². The molecule has 0 radical (unpaired) electrons. The van der Waals surface area contributed by atoms with Crippen molar-refractivity contribution in [2.75, 3.05) is 24.9 Å². The molecule has 0 fully saturated rings. The number of nitrogens with one attached hydrogen (secondary N) is 2. The number of aromatic nitrogens is 2. The molecule has 0 spiro atoms. The second-order valence-corrected chi connectivity index (χ2v) is 7.12. The Bertz CT molecular complexity index is 1110. The van der Waals surface area contributed by atoms with Gasteiger partial charge in [0.05, 0.1) is 26.8 Å². The van der Waals surface area contributed by atoms with E-state index in [2.05, 4.69) is 15.7 Å². The SMILES string of the molecule is COc1ccc(NC(=O)C2CC(=O)Nc3c(-c4ccc(Cl)cc4)cnn32)cc1OC. The van der Waals surface area contributed by atoms with Gasteiger partial charge in [0.1, 0.15) is 11.9 Å². The van der Waals surface area contributed by atoms with E-state index in [-0.39, 0.29) is 18.2 Å². The Kier molecular flexibility index (Phi) is 5.33. The Morgan fingerprint density at radius 1 is 1.17 bits per heavy atom. The fourth-order valence-electron chi connectivity index (χ4n) is 3.35. The van der Waals surface area contributed by atoms with Crippen LogP contribution in [0, 0.1) is 0 Å². The first kappa shape index (κ1) is 19.8. The van der Waals surface area contributed by atoms with Gasteiger partial charge in [0, 0.05) is 22.3 Å². The van der Waals surface area contributed by atoms with Crippen LogP contribution in [0.2, 0.25) is 5.02 Å². The van der Waals surface area contributed by atoms with Crippen LogP contribution in [0.4, 0.5) is 11.5 Å². The largest absolute Gasteiger partial charge is 0.493 e. The van der Waals surface area contributed by atoms with Crippen LogP contribution in [0.1, 0.15) is 12.5 Å². The number of benzene rings is 2. The summed E-state index contributed by atoms with van der Waals surface area (Å²) >= 11 is 5.96. The summed E-state index contributed by atoms with van der Waals surface area (Å²) in [4.78, 5) is 25.3. The molecule has 0 bridgehead atoms. The summed E-state index contributed by atoms with van der Waals surface area (Å²) in [7, 11) is 3.05. The number of halogens is 1. The van der Waals surface area contributed by atoms with Crippen LogP contribution in [0.25, 0.3) is 11.1 Å². The summed E-state index contributed by atoms with van der Waals surface area (Å²) in [5.74, 6) is 0.895. The summed E-state index contributed by atoms with van der Waals surface area (Å²) < 4.78 is 12.0. The number of methoxy groups -OCH3 is 2. The fourth-order valence-corrected chi connectivity index (χ4v) is 3.48. The first-order chi connectivity index (χ1) is 14.5. The van der Waals surface area contributed by atoms with Gasteiger partial charge in [0.2, 0.25) is 11.8 Å². The molecule has 2 heterocycles. The standard InChI is InChI=1S/C21H19ClN4O4/c1-29-17-8-7-14(9-18(17)30-2)24-21(28)16-10-19(27)25-20-15(11-23-26(16)20)12-3-5-13(22)6-4-12/h3-9,11,16H,10H2,1-2H3,(H,24,28)(H,25,27). The monoisotopic (exact) mass is 426 g/mol. The number of nitrogens with zero attached hydrogens (tertiary/aromatic N) is 2. The molecule has 9 heteroatoms. The molecule has 8 nitrogen and oxygen atoms in total. The van der Waals surface area contributed by atoms with Crippen molar-refractivity contribution in [3.8, 4) is 22.6 Å². The number of fused-ring (bicyclic) bond motifs is 1. The van der Waals surface area contributed by atoms with E-state index >= 15 is 0 Å². The molecule has 2 amide bonds. The number of amides is 2. The minimum absolute atomic E-state index is 0.0200. The van der Waals surface area contributed by atoms with E-state index in [1.165, 1.54) is 18.9 Å². The van der Waals surface area contributed by atoms with Crippen LogP contribution in [0.15, 0.2) is 48.7 Å². The van der Waals surface area contributed by atoms with Crippen LogP contribution in [0.5, 0.6) is 11.5 Å². The van der Waals surface area contributed by atoms with Gasteiger partial charge >= 0.3 is 0 Å². The lowest BCUT2D eigenvalue weighted by molar-refractivity contribution is -0.125. The number of ether oxygens (including phenoxy) is 2. The second-order valence-electron chi connectivity index (χ2n) is 6.69. The number of carbonyl (C=O) groups is 2. The zero-order chi connectivity index (χ0) is 21.3. The zero-order valence-corrected chi connectivity index (χ0v) is 17.1. The molecule has 0 aliphatic carbocycles. The van der Waals surface area contributed by atoms with Crippen molar-refractivity contribution in [2.24, 2.45) is 0 Å². The van der Waals surface area contributed by atoms with Crippen molar-refractivity contribution in [3.05, 3.63) is 53.7 Å². The van der Waals surface area contributed by atoms with E-state index in [9.17, 15) is 9.59 Å². The zero-order valence-electron chi connectivity index (χ0n) is 16.3. The minimum Gasteiger partial charge on any atom is -0.493 e. The molecule has 1 aromatic heterocycles. The Morgan fingerprint density at radius 2 is 1.90 bits per heavy atom. The maximum Gasteiger partial charge on any atom is 0.249 e. The molecule has 0 saturated heterocycles. The molecule has 3 aromatic rings. The summed E-state index contributed by atoms with van der Waals surface area (Å²) in [5, 5.41) is 10.6. The lowest BCUT2D eigenvalue weighted by Crippen LogP contribution is -2.35. The van der Waals surface area contributed by atoms with Gasteiger partial charge in [0.25, 0.3) is 0 Å². The number of hydrogen-bond donors (Lipinski definition) is 2. The molecular formula is C21H19ClN4O4. The van der Waals surface area contributed by atoms with E-state index in [1.54, 1.807) is 36.5 Å². The molecule has 0 saturated carbocycles. The fraction of sp³-hybridized carbons (Fsp3) is 0.190. The van der Waals surface area contributed by atoms with E-state index < -0.39 is 6.04 Å². The normalized spacial score (nSPS) is 15.2. The van der Waals surface area contributed by atoms with Crippen LogP contribution in [0.3, 0.4) is 0 Å². The Labute approximate surface area is 177 Å². The summed E-state index contributed by atoms with van der Waals surface area (Å²) in [6, 6.07) is 11.4. The molecule has 1 atom stereocenters. The first-order valence-electron chi connectivity index (χ1n) is 9.16. The number of anilines is 2. The Balaban J connectivity index is 1.62. The van der Waals surface area contributed by atoms with Gasteiger partial charge in [-0.2, -0.15) is 5.10 Å². The van der Waals surface area contributed by atoms with Crippen LogP contribution in [-0.4, -0.2) is 35.8 Å². The smallest absolute Gasteiger partial charge is 0.249 e. The van der Waals surface area contributed by atoms with Gasteiger partial charge in [-0.15, -0.1) is 0 Å². The molecule has 1 aliphatic heterocycles. The van der Waals surface area contributed by atoms with Gasteiger partial charge in [-0.1, -0.05) is 23.7 Å². The second kappa shape index (κ2) is 8.08. The van der Waals surface area contributed by atoms with E-state index in [4.69, 9.17) is 21.1 Å². The average Bonchev–Trinajstić information content (AvgIpc) is 3.17. The highest BCUT2D eigenvalue weighted by Gasteiger charge is 2.33. The molecule has 2 aromatic carbocycles. The number of carbonyl (C=O) groups excluding carboxylic acids is 2. The average molecular weight is 427 g/mol. The van der Waals surface area contributed by atoms with E-state index in [1.807, 2.05) is 12.1 Å². The lowest BCUT2D eigenvalue weighted by Gasteiger charge is -2.24. The molecule has 4 rings (SSSR count). The topological polar surface area (TPSA) is 94.5 Å². The maximum atomic E-state index is 13.0. The lowest BCUT2D eigenvalue weighted by atomic mass is 10.1. The van der Waals surface area contributed by atoms with Crippen LogP contribution >= 0.6 is 11.6 Å². The summed E-state index contributed by atoms with van der Waals surface area (Å²) in [6.07, 6.45) is 1.61. The summed E-state index contributed by atoms with van der Waals surface area (Å²) in [6.45, 7) is 0. The molecule has 2 N–H and O–H groups in total. The van der Waals surface area contributed by atoms with Gasteiger partial charge < -0.3 is 20.1 Å². The molecule has 30 heavy (non-hydrogen) atoms. The third kappa shape index (κ3) is 3.69. The third-order valence-electron chi connectivity index (χ3n) is 4.84. The van der Waals surface area contributed by atoms with E-state index in [0.717, 1.165) is 5.56 Å². The highest BCUT2D eigenvalue weighted by molar-refractivity contribution is 6.30. The van der Waals surface area contributed by atoms with Crippen molar-refractivity contribution in [3.63, 3.8) is 0 Å². The van der Waals surface area contributed by atoms with Gasteiger partial charge in [-0.3, -0.25) is 9.59 Å². The Morgan fingerprint density at radius 3 is 2.60 bits per heavy atom. The number of hydrogen-bond acceptors (Lipinski definition) is 5. The van der Waals surface area contributed by atoms with Crippen LogP contribution in [-0.2, 0) is 9.59 Å². The highest BCUT2D eigenvalue weighted by atomic mass is 35.5. The minimum atomic E-state index is -0.789. The Hall–Kier alpha value is -3.52. The quantitative estimate of drug-likeness (QED) is 0.648. The molecule has 1 aliphatic rings. The molecular weight excluding hydrogens is 408 g/mol. The summed E-state index contributed by atoms with van der Waals surface area (Å²) in [5.41, 5.74) is 2.07. The molecule has 1 unspecified atom stereocenters. The van der Waals surface area contributed by atoms with Crippen molar-refractivity contribution in [2.45, 2.75) is 12.5 Å². The predicted molar refractivity (Wildman–Crippen MR) is 113 cm³/mol. The predicted octanol–water partition coefficient (Wildman–Crippen LogP) is 3.74. The maximum absolute atomic E-state index is 13.0. The molecule has 154 valence electrons. The first-order valence-corrected chi connectivity index (χ1v) is 9.54. The van der Waals surface area contributed by atoms with Crippen molar-refractivity contribution >= 4 is 34.9 Å². The van der Waals surface area contributed by atoms with Crippen LogP contribution < -0.4 is 20.1 Å². The van der Waals surface area contributed by atoms with Gasteiger partial charge in [-0.05, 0) is 29.8 Å². The van der Waals surface area contributed by atoms with Crippen molar-refractivity contribution in [1.29, 1.82) is 0 Å². The third-order valence-corrected chi connectivity index (χ3v) is 5.09. The number of rotatable bonds is 5. The van der Waals surface area contributed by atoms with Crippen molar-refractivity contribution < 1.29 is 19.1 Å².